The fraction of sp³-hybridized carbons (Fsp3) is 0.417. The van der Waals surface area contributed by atoms with E-state index in [1.54, 1.807) is 6.92 Å². The highest BCUT2D eigenvalue weighted by Gasteiger charge is 2.29. The number of carboxylic acid groups (broad SMARTS) is 2. The Morgan fingerprint density at radius 3 is 1.75 bits per heavy atom. The first-order chi connectivity index (χ1) is 9.07. The van der Waals surface area contributed by atoms with Crippen molar-refractivity contribution in [2.45, 2.75) is 33.0 Å². The molecule has 0 aliphatic carbocycles. The van der Waals surface area contributed by atoms with Crippen LogP contribution in [0, 0.1) is 20.8 Å². The van der Waals surface area contributed by atoms with Crippen LogP contribution in [-0.4, -0.2) is 54.7 Å². The molecule has 0 fully saturated rings. The van der Waals surface area contributed by atoms with Gasteiger partial charge in [-0.2, -0.15) is 0 Å². The number of hydrogen-bond donors (Lipinski definition) is 5. The van der Waals surface area contributed by atoms with Crippen LogP contribution in [0.15, 0.2) is 6.07 Å². The van der Waals surface area contributed by atoms with Crippen LogP contribution in [0.5, 0.6) is 5.75 Å². The Morgan fingerprint density at radius 1 is 1.05 bits per heavy atom. The molecule has 2 atom stereocenters. The minimum Gasteiger partial charge on any atom is -0.506 e. The van der Waals surface area contributed by atoms with E-state index in [1.807, 2.05) is 19.9 Å². The van der Waals surface area contributed by atoms with Gasteiger partial charge in [-0.1, -0.05) is 0 Å². The minimum absolute atomic E-state index is 0.311. The van der Waals surface area contributed by atoms with Gasteiger partial charge < -0.3 is 25.5 Å². The second kappa shape index (κ2) is 7.41. The first-order valence-electron chi connectivity index (χ1n) is 5.53. The summed E-state index contributed by atoms with van der Waals surface area (Å²) in [6.45, 7) is 5.59. The lowest BCUT2D eigenvalue weighted by Gasteiger charge is -2.07. The molecule has 0 aliphatic rings. The number of rotatable bonds is 3. The molecule has 8 nitrogen and oxygen atoms in total. The molecule has 1 heterocycles. The maximum atomic E-state index is 9.77. The van der Waals surface area contributed by atoms with Gasteiger partial charge in [-0.3, -0.25) is 4.98 Å². The molecule has 0 spiro atoms. The summed E-state index contributed by atoms with van der Waals surface area (Å²) in [7, 11) is 0. The van der Waals surface area contributed by atoms with Crippen LogP contribution in [0.1, 0.15) is 17.0 Å². The monoisotopic (exact) mass is 287 g/mol. The van der Waals surface area contributed by atoms with Crippen molar-refractivity contribution >= 4 is 11.9 Å². The molecule has 1 aromatic rings. The zero-order chi connectivity index (χ0) is 16.0. The molecule has 0 radical (unpaired) electrons. The molecular formula is C12H17NO7. The number of hydrogen-bond acceptors (Lipinski definition) is 6. The van der Waals surface area contributed by atoms with Gasteiger partial charge in [0.05, 0.1) is 5.69 Å². The van der Waals surface area contributed by atoms with Crippen molar-refractivity contribution in [3.8, 4) is 5.75 Å². The molecule has 0 aromatic carbocycles. The van der Waals surface area contributed by atoms with Crippen LogP contribution in [0.2, 0.25) is 0 Å². The van der Waals surface area contributed by atoms with E-state index in [9.17, 15) is 14.7 Å². The topological polar surface area (TPSA) is 148 Å². The third-order valence-corrected chi connectivity index (χ3v) is 2.29. The Hall–Kier alpha value is -2.19. The number of aromatic nitrogens is 1. The quantitative estimate of drug-likeness (QED) is 0.503. The van der Waals surface area contributed by atoms with Crippen LogP contribution in [0.4, 0.5) is 0 Å². The summed E-state index contributed by atoms with van der Waals surface area (Å²) in [6, 6.07) is 1.86. The molecule has 5 N–H and O–H groups in total. The second-order valence-electron chi connectivity index (χ2n) is 4.08. The molecule has 0 saturated carbocycles. The van der Waals surface area contributed by atoms with Gasteiger partial charge in [-0.05, 0) is 32.4 Å². The zero-order valence-electron chi connectivity index (χ0n) is 11.2. The Balaban J connectivity index is 0.000000361. The summed E-state index contributed by atoms with van der Waals surface area (Å²) in [5.41, 5.74) is 2.55. The second-order valence-corrected chi connectivity index (χ2v) is 4.08. The zero-order valence-corrected chi connectivity index (χ0v) is 11.2. The van der Waals surface area contributed by atoms with Crippen molar-refractivity contribution in [3.63, 3.8) is 0 Å². The number of aryl methyl sites for hydroxylation is 3. The molecule has 112 valence electrons. The maximum Gasteiger partial charge on any atom is 0.335 e. The maximum absolute atomic E-state index is 9.77. The molecule has 0 amide bonds. The van der Waals surface area contributed by atoms with E-state index in [0.717, 1.165) is 11.3 Å². The predicted octanol–water partition coefficient (Wildman–Crippen LogP) is -0.410. The van der Waals surface area contributed by atoms with Crippen molar-refractivity contribution in [1.82, 2.24) is 4.98 Å². The van der Waals surface area contributed by atoms with Gasteiger partial charge >= 0.3 is 11.9 Å². The average Bonchev–Trinajstić information content (AvgIpc) is 2.34. The largest absolute Gasteiger partial charge is 0.506 e. The van der Waals surface area contributed by atoms with Crippen molar-refractivity contribution in [2.24, 2.45) is 0 Å². The minimum atomic E-state index is -2.27. The standard InChI is InChI=1S/C8H11NO.C4H6O6/c1-5-4-6(2)9-7(3)8(5)10;5-1(3(7)8)2(6)4(9)10/h4,10H,1-3H3;1-2,5-6H,(H,7,8)(H,9,10)/t;1-,2-/m.1/s1. The highest BCUT2D eigenvalue weighted by Crippen LogP contribution is 2.19. The number of aliphatic hydroxyl groups is 2. The fourth-order valence-electron chi connectivity index (χ4n) is 1.29. The van der Waals surface area contributed by atoms with Gasteiger partial charge in [-0.15, -0.1) is 0 Å². The average molecular weight is 287 g/mol. The molecular weight excluding hydrogens is 270 g/mol. The normalized spacial score (nSPS) is 12.8. The molecule has 0 saturated heterocycles. The van der Waals surface area contributed by atoms with Gasteiger partial charge in [-0.25, -0.2) is 9.59 Å². The van der Waals surface area contributed by atoms with Gasteiger partial charge in [0, 0.05) is 5.69 Å². The van der Waals surface area contributed by atoms with Gasteiger partial charge in [0.1, 0.15) is 5.75 Å². The number of nitrogens with zero attached hydrogens (tertiary/aromatic N) is 1. The molecule has 1 aromatic heterocycles. The van der Waals surface area contributed by atoms with Gasteiger partial charge in [0.2, 0.25) is 0 Å². The molecule has 1 rings (SSSR count). The first kappa shape index (κ1) is 17.8. The van der Waals surface area contributed by atoms with Crippen LogP contribution in [0.25, 0.3) is 0 Å². The number of aliphatic hydroxyl groups excluding tert-OH is 2. The fourth-order valence-corrected chi connectivity index (χ4v) is 1.29. The number of carboxylic acids is 2. The molecule has 8 heteroatoms. The predicted molar refractivity (Wildman–Crippen MR) is 67.4 cm³/mol. The molecule has 20 heavy (non-hydrogen) atoms. The van der Waals surface area contributed by atoms with E-state index >= 15 is 0 Å². The SMILES string of the molecule is Cc1cc(C)c(O)c(C)n1.O=C(O)[C@H](O)[C@@H](O)C(=O)O. The first-order valence-corrected chi connectivity index (χ1v) is 5.53. The third-order valence-electron chi connectivity index (χ3n) is 2.29. The Bertz CT molecular complexity index is 460. The number of pyridine rings is 1. The van der Waals surface area contributed by atoms with Gasteiger partial charge in [0.25, 0.3) is 0 Å². The Labute approximate surface area is 115 Å². The number of aliphatic carboxylic acids is 2. The van der Waals surface area contributed by atoms with Crippen molar-refractivity contribution < 1.29 is 35.1 Å². The Kier molecular flexibility index (Phi) is 6.60. The van der Waals surface area contributed by atoms with Crippen LogP contribution >= 0.6 is 0 Å². The smallest absolute Gasteiger partial charge is 0.335 e. The van der Waals surface area contributed by atoms with E-state index in [-0.39, 0.29) is 0 Å². The van der Waals surface area contributed by atoms with Crippen molar-refractivity contribution in [1.29, 1.82) is 0 Å². The summed E-state index contributed by atoms with van der Waals surface area (Å²) in [6.07, 6.45) is -4.53. The summed E-state index contributed by atoms with van der Waals surface area (Å²) < 4.78 is 0. The van der Waals surface area contributed by atoms with E-state index < -0.39 is 24.1 Å². The summed E-state index contributed by atoms with van der Waals surface area (Å²) in [5, 5.41) is 41.8. The summed E-state index contributed by atoms with van der Waals surface area (Å²) in [5.74, 6) is -3.23. The van der Waals surface area contributed by atoms with Gasteiger partial charge in [0.15, 0.2) is 12.2 Å². The lowest BCUT2D eigenvalue weighted by Crippen LogP contribution is -2.39. The van der Waals surface area contributed by atoms with E-state index in [2.05, 4.69) is 4.98 Å². The molecule has 0 bridgehead atoms. The number of aromatic hydroxyl groups is 1. The van der Waals surface area contributed by atoms with Crippen LogP contribution in [0.3, 0.4) is 0 Å². The van der Waals surface area contributed by atoms with Crippen LogP contribution < -0.4 is 0 Å². The van der Waals surface area contributed by atoms with E-state index in [1.165, 1.54) is 0 Å². The lowest BCUT2D eigenvalue weighted by atomic mass is 10.2. The lowest BCUT2D eigenvalue weighted by molar-refractivity contribution is -0.165. The summed E-state index contributed by atoms with van der Waals surface area (Å²) >= 11 is 0. The van der Waals surface area contributed by atoms with Crippen molar-refractivity contribution in [2.75, 3.05) is 0 Å². The third kappa shape index (κ3) is 5.21. The highest BCUT2D eigenvalue weighted by molar-refractivity contribution is 5.83. The highest BCUT2D eigenvalue weighted by atomic mass is 16.4. The van der Waals surface area contributed by atoms with E-state index in [0.29, 0.717) is 11.4 Å². The Morgan fingerprint density at radius 2 is 1.45 bits per heavy atom. The molecule has 0 unspecified atom stereocenters. The molecule has 0 aliphatic heterocycles. The van der Waals surface area contributed by atoms with E-state index in [4.69, 9.17) is 20.4 Å². The summed E-state index contributed by atoms with van der Waals surface area (Å²) in [4.78, 5) is 23.6. The number of carbonyl (C=O) groups is 2. The van der Waals surface area contributed by atoms with Crippen LogP contribution in [-0.2, 0) is 9.59 Å². The van der Waals surface area contributed by atoms with Crippen molar-refractivity contribution in [3.05, 3.63) is 23.0 Å².